The summed E-state index contributed by atoms with van der Waals surface area (Å²) in [4.78, 5) is 14.6. The first-order chi connectivity index (χ1) is 13.5. The van der Waals surface area contributed by atoms with Crippen molar-refractivity contribution < 1.29 is 18.3 Å². The van der Waals surface area contributed by atoms with E-state index in [9.17, 15) is 9.18 Å². The van der Waals surface area contributed by atoms with E-state index in [1.54, 1.807) is 25.1 Å². The summed E-state index contributed by atoms with van der Waals surface area (Å²) in [7, 11) is 1.87. The van der Waals surface area contributed by atoms with Crippen molar-refractivity contribution in [3.8, 4) is 5.75 Å². The summed E-state index contributed by atoms with van der Waals surface area (Å²) in [6.45, 7) is 3.55. The van der Waals surface area contributed by atoms with Crippen molar-refractivity contribution in [2.24, 2.45) is 0 Å². The monoisotopic (exact) mass is 407 g/mol. The van der Waals surface area contributed by atoms with Gasteiger partial charge in [-0.25, -0.2) is 4.39 Å². The van der Waals surface area contributed by atoms with Gasteiger partial charge in [0.25, 0.3) is 11.1 Å². The molecule has 0 bridgehead atoms. The number of nitrogens with zero attached hydrogens (tertiary/aromatic N) is 3. The summed E-state index contributed by atoms with van der Waals surface area (Å²) in [5, 5.41) is 7.95. The highest BCUT2D eigenvalue weighted by atomic mass is 32.2. The summed E-state index contributed by atoms with van der Waals surface area (Å²) < 4.78 is 24.9. The van der Waals surface area contributed by atoms with Crippen molar-refractivity contribution >= 4 is 17.7 Å². The summed E-state index contributed by atoms with van der Waals surface area (Å²) in [6, 6.07) is 6.47. The van der Waals surface area contributed by atoms with Gasteiger partial charge < -0.3 is 14.1 Å². The maximum atomic E-state index is 13.7. The lowest BCUT2D eigenvalue weighted by molar-refractivity contribution is -0.131. The summed E-state index contributed by atoms with van der Waals surface area (Å²) in [5.41, 5.74) is 0. The minimum atomic E-state index is -0.602. The molecule has 1 aromatic carbocycles. The molecule has 152 valence electrons. The smallest absolute Gasteiger partial charge is 0.277 e. The summed E-state index contributed by atoms with van der Waals surface area (Å²) >= 11 is 1.23. The zero-order chi connectivity index (χ0) is 20.1. The minimum absolute atomic E-state index is 0.0623. The van der Waals surface area contributed by atoms with Crippen LogP contribution in [0.15, 0.2) is 33.9 Å². The molecule has 2 unspecified atom stereocenters. The molecule has 0 N–H and O–H groups in total. The van der Waals surface area contributed by atoms with E-state index in [2.05, 4.69) is 10.2 Å². The molecule has 0 radical (unpaired) electrons. The minimum Gasteiger partial charge on any atom is -0.478 e. The van der Waals surface area contributed by atoms with Gasteiger partial charge in [-0.3, -0.25) is 4.79 Å². The van der Waals surface area contributed by atoms with E-state index in [1.165, 1.54) is 37.1 Å². The van der Waals surface area contributed by atoms with Gasteiger partial charge in [0.15, 0.2) is 17.7 Å². The molecule has 0 aliphatic heterocycles. The molecule has 2 atom stereocenters. The van der Waals surface area contributed by atoms with Gasteiger partial charge in [-0.2, -0.15) is 0 Å². The average Bonchev–Trinajstić information content (AvgIpc) is 3.18. The predicted octanol–water partition coefficient (Wildman–Crippen LogP) is 4.62. The second kappa shape index (κ2) is 9.41. The Morgan fingerprint density at radius 3 is 2.68 bits per heavy atom. The van der Waals surface area contributed by atoms with Crippen molar-refractivity contribution in [2.75, 3.05) is 7.05 Å². The van der Waals surface area contributed by atoms with E-state index in [4.69, 9.17) is 9.15 Å². The maximum Gasteiger partial charge on any atom is 0.277 e. The molecule has 1 aromatic heterocycles. The lowest BCUT2D eigenvalue weighted by Crippen LogP contribution is -2.42. The summed E-state index contributed by atoms with van der Waals surface area (Å²) in [5.74, 6) is -0.0215. The van der Waals surface area contributed by atoms with Crippen LogP contribution >= 0.6 is 11.8 Å². The second-order valence-electron chi connectivity index (χ2n) is 7.10. The van der Waals surface area contributed by atoms with Gasteiger partial charge in [0.05, 0.1) is 5.25 Å². The molecular weight excluding hydrogens is 381 g/mol. The molecule has 6 nitrogen and oxygen atoms in total. The van der Waals surface area contributed by atoms with Crippen LogP contribution in [0.5, 0.6) is 5.75 Å². The number of carbonyl (C=O) groups excluding carboxylic acids is 1. The van der Waals surface area contributed by atoms with Crippen LogP contribution in [-0.4, -0.2) is 39.3 Å². The topological polar surface area (TPSA) is 68.5 Å². The largest absolute Gasteiger partial charge is 0.478 e. The molecule has 8 heteroatoms. The first-order valence-electron chi connectivity index (χ1n) is 9.63. The number of ether oxygens (including phenoxy) is 1. The van der Waals surface area contributed by atoms with E-state index in [1.807, 2.05) is 18.9 Å². The Labute approximate surface area is 168 Å². The number of rotatable bonds is 7. The Morgan fingerprint density at radius 1 is 1.25 bits per heavy atom. The fourth-order valence-electron chi connectivity index (χ4n) is 3.35. The first-order valence-corrected chi connectivity index (χ1v) is 10.5. The van der Waals surface area contributed by atoms with E-state index >= 15 is 0 Å². The van der Waals surface area contributed by atoms with Crippen molar-refractivity contribution in [2.45, 2.75) is 68.6 Å². The Kier molecular flexibility index (Phi) is 6.93. The Balaban J connectivity index is 1.57. The number of para-hydroxylation sites is 1. The van der Waals surface area contributed by atoms with Gasteiger partial charge in [0.2, 0.25) is 5.91 Å². The highest BCUT2D eigenvalue weighted by molar-refractivity contribution is 8.00. The van der Waals surface area contributed by atoms with Gasteiger partial charge in [0.1, 0.15) is 0 Å². The van der Waals surface area contributed by atoms with Crippen LogP contribution in [0.4, 0.5) is 4.39 Å². The van der Waals surface area contributed by atoms with Crippen molar-refractivity contribution in [3.05, 3.63) is 36.0 Å². The van der Waals surface area contributed by atoms with Gasteiger partial charge >= 0.3 is 0 Å². The Bertz CT molecular complexity index is 795. The quantitative estimate of drug-likeness (QED) is 0.624. The number of hydrogen-bond donors (Lipinski definition) is 0. The molecule has 2 aromatic rings. The van der Waals surface area contributed by atoms with E-state index < -0.39 is 11.9 Å². The molecular formula is C20H26FN3O3S. The van der Waals surface area contributed by atoms with Gasteiger partial charge in [0, 0.05) is 13.1 Å². The number of thioether (sulfide) groups is 1. The van der Waals surface area contributed by atoms with Gasteiger partial charge in [-0.1, -0.05) is 43.2 Å². The van der Waals surface area contributed by atoms with Crippen molar-refractivity contribution in [1.29, 1.82) is 0 Å². The third kappa shape index (κ3) is 5.04. The fraction of sp³-hybridized carbons (Fsp3) is 0.550. The first kappa shape index (κ1) is 20.6. The highest BCUT2D eigenvalue weighted by Crippen LogP contribution is 2.29. The molecule has 3 rings (SSSR count). The fourth-order valence-corrected chi connectivity index (χ4v) is 4.14. The van der Waals surface area contributed by atoms with Crippen molar-refractivity contribution in [3.63, 3.8) is 0 Å². The Hall–Kier alpha value is -2.09. The number of aromatic nitrogens is 2. The normalized spacial score (nSPS) is 17.1. The van der Waals surface area contributed by atoms with E-state index in [0.717, 1.165) is 12.8 Å². The number of amides is 1. The molecule has 1 aliphatic rings. The van der Waals surface area contributed by atoms with Gasteiger partial charge in [-0.05, 0) is 38.8 Å². The molecule has 0 saturated heterocycles. The third-order valence-electron chi connectivity index (χ3n) is 5.01. The standard InChI is InChI=1S/C20H26FN3O3S/c1-13(26-17-12-8-7-11-16(17)21)18-22-23-20(27-18)28-14(2)19(25)24(3)15-9-5-4-6-10-15/h7-8,11-15H,4-6,9-10H2,1-3H3. The van der Waals surface area contributed by atoms with Crippen LogP contribution in [0, 0.1) is 5.82 Å². The third-order valence-corrected chi connectivity index (χ3v) is 5.93. The number of hydrogen-bond acceptors (Lipinski definition) is 6. The zero-order valence-electron chi connectivity index (χ0n) is 16.4. The lowest BCUT2D eigenvalue weighted by atomic mass is 9.94. The van der Waals surface area contributed by atoms with E-state index in [0.29, 0.717) is 11.3 Å². The summed E-state index contributed by atoms with van der Waals surface area (Å²) in [6.07, 6.45) is 5.13. The predicted molar refractivity (Wildman–Crippen MR) is 105 cm³/mol. The van der Waals surface area contributed by atoms with Crippen LogP contribution in [-0.2, 0) is 4.79 Å². The number of halogens is 1. The molecule has 0 spiro atoms. The molecule has 1 amide bonds. The number of carbonyl (C=O) groups is 1. The van der Waals surface area contributed by atoms with Crippen LogP contribution in [0.2, 0.25) is 0 Å². The molecule has 1 heterocycles. The lowest BCUT2D eigenvalue weighted by Gasteiger charge is -2.32. The molecule has 28 heavy (non-hydrogen) atoms. The highest BCUT2D eigenvalue weighted by Gasteiger charge is 2.28. The van der Waals surface area contributed by atoms with Crippen molar-refractivity contribution in [1.82, 2.24) is 15.1 Å². The Morgan fingerprint density at radius 2 is 1.96 bits per heavy atom. The number of benzene rings is 1. The van der Waals surface area contributed by atoms with Crippen LogP contribution in [0.1, 0.15) is 57.9 Å². The van der Waals surface area contributed by atoms with Gasteiger partial charge in [-0.15, -0.1) is 10.2 Å². The van der Waals surface area contributed by atoms with E-state index in [-0.39, 0.29) is 22.8 Å². The van der Waals surface area contributed by atoms with Crippen LogP contribution in [0.3, 0.4) is 0 Å². The maximum absolute atomic E-state index is 13.7. The molecule has 1 fully saturated rings. The molecule has 1 aliphatic carbocycles. The van der Waals surface area contributed by atoms with Crippen LogP contribution < -0.4 is 4.74 Å². The second-order valence-corrected chi connectivity index (χ2v) is 8.39. The van der Waals surface area contributed by atoms with Crippen LogP contribution in [0.25, 0.3) is 0 Å². The molecule has 1 saturated carbocycles. The average molecular weight is 408 g/mol. The SMILES string of the molecule is CC(Sc1nnc(C(C)Oc2ccccc2F)o1)C(=O)N(C)C1CCCCC1. The zero-order valence-corrected chi connectivity index (χ0v) is 17.2.